The lowest BCUT2D eigenvalue weighted by molar-refractivity contribution is 0.0891. The van der Waals surface area contributed by atoms with Crippen LogP contribution in [0.15, 0.2) is 30.6 Å². The highest BCUT2D eigenvalue weighted by Crippen LogP contribution is 2.24. The van der Waals surface area contributed by atoms with E-state index >= 15 is 0 Å². The van der Waals surface area contributed by atoms with Gasteiger partial charge < -0.3 is 20.1 Å². The number of rotatable bonds is 6. The van der Waals surface area contributed by atoms with E-state index in [4.69, 9.17) is 20.6 Å². The molecule has 1 aliphatic rings. The van der Waals surface area contributed by atoms with Crippen LogP contribution in [0.3, 0.4) is 0 Å². The molecule has 2 aromatic heterocycles. The van der Waals surface area contributed by atoms with Gasteiger partial charge in [-0.05, 0) is 38.8 Å². The quantitative estimate of drug-likeness (QED) is 0.760. The molecule has 27 heavy (non-hydrogen) atoms. The zero-order chi connectivity index (χ0) is 19.4. The zero-order valence-electron chi connectivity index (χ0n) is 16.1. The van der Waals surface area contributed by atoms with Crippen molar-refractivity contribution >= 4 is 17.2 Å². The normalized spacial score (nSPS) is 17.2. The van der Waals surface area contributed by atoms with E-state index in [0.29, 0.717) is 22.8 Å². The molecule has 0 aromatic carbocycles. The molecule has 3 heterocycles. The fraction of sp³-hybridized carbons (Fsp3) is 0.450. The molecule has 1 unspecified atom stereocenters. The van der Waals surface area contributed by atoms with Crippen LogP contribution in [0.4, 0.5) is 11.5 Å². The second-order valence-electron chi connectivity index (χ2n) is 7.00. The van der Waals surface area contributed by atoms with Crippen molar-refractivity contribution < 1.29 is 9.47 Å². The first-order valence-corrected chi connectivity index (χ1v) is 9.23. The van der Waals surface area contributed by atoms with Crippen molar-refractivity contribution in [3.8, 4) is 5.88 Å². The summed E-state index contributed by atoms with van der Waals surface area (Å²) in [4.78, 5) is 10.9. The van der Waals surface area contributed by atoms with Crippen LogP contribution in [0.2, 0.25) is 0 Å². The van der Waals surface area contributed by atoms with E-state index in [1.165, 1.54) is 6.20 Å². The minimum atomic E-state index is 0.00326. The molecule has 3 N–H and O–H groups in total. The van der Waals surface area contributed by atoms with E-state index in [9.17, 15) is 0 Å². The van der Waals surface area contributed by atoms with E-state index in [1.54, 1.807) is 19.4 Å². The maximum Gasteiger partial charge on any atom is 0.214 e. The molecule has 7 nitrogen and oxygen atoms in total. The molecule has 0 radical (unpaired) electrons. The number of nitrogens with zero attached hydrogens (tertiary/aromatic N) is 3. The lowest BCUT2D eigenvalue weighted by atomic mass is 10.0. The van der Waals surface area contributed by atoms with Crippen LogP contribution >= 0.6 is 0 Å². The molecule has 0 aliphatic carbocycles. The maximum absolute atomic E-state index is 8.64. The van der Waals surface area contributed by atoms with Crippen LogP contribution in [0, 0.1) is 5.41 Å². The molecule has 144 valence electrons. The Bertz CT molecular complexity index is 809. The van der Waals surface area contributed by atoms with Crippen LogP contribution in [-0.4, -0.2) is 48.1 Å². The Morgan fingerprint density at radius 1 is 1.33 bits per heavy atom. The number of methoxy groups -OCH3 is 1. The largest absolute Gasteiger partial charge is 0.475 e. The molecule has 0 saturated carbocycles. The minimum Gasteiger partial charge on any atom is -0.475 e. The van der Waals surface area contributed by atoms with Crippen molar-refractivity contribution in [2.75, 3.05) is 30.8 Å². The summed E-state index contributed by atoms with van der Waals surface area (Å²) in [5.41, 5.74) is 8.21. The monoisotopic (exact) mass is 369 g/mol. The van der Waals surface area contributed by atoms with Crippen molar-refractivity contribution in [2.24, 2.45) is 0 Å². The van der Waals surface area contributed by atoms with Crippen LogP contribution < -0.4 is 15.4 Å². The van der Waals surface area contributed by atoms with Crippen molar-refractivity contribution in [3.63, 3.8) is 0 Å². The molecule has 7 heteroatoms. The summed E-state index contributed by atoms with van der Waals surface area (Å²) >= 11 is 0. The van der Waals surface area contributed by atoms with E-state index in [2.05, 4.69) is 14.9 Å². The maximum atomic E-state index is 8.64. The van der Waals surface area contributed by atoms with E-state index in [1.807, 2.05) is 26.0 Å². The molecule has 0 spiro atoms. The summed E-state index contributed by atoms with van der Waals surface area (Å²) in [5.74, 6) is 1.32. The average Bonchev–Trinajstić information content (AvgIpc) is 2.68. The second kappa shape index (κ2) is 8.35. The first-order chi connectivity index (χ1) is 13.0. The number of piperidine rings is 1. The van der Waals surface area contributed by atoms with Gasteiger partial charge in [0.15, 0.2) is 0 Å². The van der Waals surface area contributed by atoms with Crippen molar-refractivity contribution in [2.45, 2.75) is 38.9 Å². The average molecular weight is 369 g/mol. The van der Waals surface area contributed by atoms with Gasteiger partial charge in [0.2, 0.25) is 5.88 Å². The third kappa shape index (κ3) is 4.54. The van der Waals surface area contributed by atoms with Crippen LogP contribution in [0.5, 0.6) is 5.88 Å². The number of nitrogen functional groups attached to an aromatic ring is 1. The van der Waals surface area contributed by atoms with Gasteiger partial charge in [-0.25, -0.2) is 9.97 Å². The second-order valence-corrected chi connectivity index (χ2v) is 7.00. The number of aromatic nitrogens is 2. The number of hydrogen-bond donors (Lipinski definition) is 2. The summed E-state index contributed by atoms with van der Waals surface area (Å²) in [6.45, 7) is 5.62. The van der Waals surface area contributed by atoms with Gasteiger partial charge in [-0.2, -0.15) is 0 Å². The number of pyridine rings is 2. The lowest BCUT2D eigenvalue weighted by Gasteiger charge is -2.32. The molecular formula is C20H27N5O2. The summed E-state index contributed by atoms with van der Waals surface area (Å²) in [6.07, 6.45) is 5.62. The van der Waals surface area contributed by atoms with Gasteiger partial charge in [0.1, 0.15) is 5.82 Å². The Kier molecular flexibility index (Phi) is 5.91. The highest BCUT2D eigenvalue weighted by atomic mass is 16.5. The highest BCUT2D eigenvalue weighted by Gasteiger charge is 2.21. The molecule has 0 bridgehead atoms. The fourth-order valence-electron chi connectivity index (χ4n) is 3.21. The van der Waals surface area contributed by atoms with Gasteiger partial charge in [0.25, 0.3) is 0 Å². The first kappa shape index (κ1) is 19.1. The molecule has 1 aliphatic heterocycles. The van der Waals surface area contributed by atoms with Crippen molar-refractivity contribution in [3.05, 3.63) is 41.7 Å². The Labute approximate surface area is 160 Å². The molecule has 0 amide bonds. The van der Waals surface area contributed by atoms with Crippen LogP contribution in [0.25, 0.3) is 0 Å². The standard InChI is InChI=1S/C20H27N5O2/c1-13(2)27-19-10-16(17(21)11-24-19)20(22)14-6-7-23-18(9-14)25-8-4-5-15(12-25)26-3/h6-7,9-11,13,15,22H,4-5,8,12,21H2,1-3H3. The van der Waals surface area contributed by atoms with Gasteiger partial charge in [-0.15, -0.1) is 0 Å². The number of hydrogen-bond acceptors (Lipinski definition) is 7. The summed E-state index contributed by atoms with van der Waals surface area (Å²) in [5, 5.41) is 8.64. The Hall–Kier alpha value is -2.67. The SMILES string of the molecule is COC1CCCN(c2cc(C(=N)c3cc(OC(C)C)ncc3N)ccn2)C1. The first-order valence-electron chi connectivity index (χ1n) is 9.23. The number of ether oxygens (including phenoxy) is 2. The summed E-state index contributed by atoms with van der Waals surface area (Å²) < 4.78 is 11.1. The Morgan fingerprint density at radius 3 is 2.89 bits per heavy atom. The highest BCUT2D eigenvalue weighted by molar-refractivity contribution is 6.14. The predicted octanol–water partition coefficient (Wildman–Crippen LogP) is 2.88. The van der Waals surface area contributed by atoms with E-state index in [0.717, 1.165) is 37.3 Å². The number of nitrogens with one attached hydrogen (secondary N) is 1. The zero-order valence-corrected chi connectivity index (χ0v) is 16.1. The van der Waals surface area contributed by atoms with Gasteiger partial charge in [0.05, 0.1) is 29.8 Å². The topological polar surface area (TPSA) is 97.3 Å². The summed E-state index contributed by atoms with van der Waals surface area (Å²) in [7, 11) is 1.75. The molecule has 1 fully saturated rings. The van der Waals surface area contributed by atoms with Gasteiger partial charge >= 0.3 is 0 Å². The fourth-order valence-corrected chi connectivity index (χ4v) is 3.21. The van der Waals surface area contributed by atoms with Gasteiger partial charge in [-0.3, -0.25) is 5.41 Å². The molecule has 2 aromatic rings. The van der Waals surface area contributed by atoms with Gasteiger partial charge in [0, 0.05) is 43.6 Å². The third-order valence-electron chi connectivity index (χ3n) is 4.61. The van der Waals surface area contributed by atoms with Crippen molar-refractivity contribution in [1.82, 2.24) is 9.97 Å². The van der Waals surface area contributed by atoms with E-state index < -0.39 is 0 Å². The summed E-state index contributed by atoms with van der Waals surface area (Å²) in [6, 6.07) is 5.48. The molecule has 3 rings (SSSR count). The predicted molar refractivity (Wildman–Crippen MR) is 107 cm³/mol. The third-order valence-corrected chi connectivity index (χ3v) is 4.61. The Morgan fingerprint density at radius 2 is 2.15 bits per heavy atom. The smallest absolute Gasteiger partial charge is 0.214 e. The van der Waals surface area contributed by atoms with Crippen molar-refractivity contribution in [1.29, 1.82) is 5.41 Å². The minimum absolute atomic E-state index is 0.00326. The molecular weight excluding hydrogens is 342 g/mol. The van der Waals surface area contributed by atoms with Crippen LogP contribution in [0.1, 0.15) is 37.8 Å². The van der Waals surface area contributed by atoms with Crippen LogP contribution in [-0.2, 0) is 4.74 Å². The molecule has 1 saturated heterocycles. The van der Waals surface area contributed by atoms with E-state index in [-0.39, 0.29) is 12.2 Å². The number of nitrogens with two attached hydrogens (primary N) is 1. The number of anilines is 2. The van der Waals surface area contributed by atoms with Gasteiger partial charge in [-0.1, -0.05) is 0 Å². The lowest BCUT2D eigenvalue weighted by Crippen LogP contribution is -2.39. The molecule has 1 atom stereocenters. The Balaban J connectivity index is 1.85.